The van der Waals surface area contributed by atoms with Gasteiger partial charge in [0.25, 0.3) is 70.4 Å². The molecule has 36 heavy (non-hydrogen) atoms. The van der Waals surface area contributed by atoms with E-state index >= 15 is 0 Å². The molecule has 8 radical (unpaired) electrons. The Morgan fingerprint density at radius 2 is 0.250 bits per heavy atom. The van der Waals surface area contributed by atoms with Gasteiger partial charge in [0.1, 0.15) is 0 Å². The van der Waals surface area contributed by atoms with Crippen molar-refractivity contribution in [3.05, 3.63) is 52.4 Å². The monoisotopic (exact) mass is 1240 g/mol. The molecule has 8 bridgehead atoms. The van der Waals surface area contributed by atoms with Crippen molar-refractivity contribution in [1.82, 2.24) is 0 Å². The summed E-state index contributed by atoms with van der Waals surface area (Å²) in [6.45, 7) is 31.4. The first kappa shape index (κ1) is 52.9. The third kappa shape index (κ3) is 12.1. The number of hydrogen-bond donors (Lipinski definition) is 0. The Morgan fingerprint density at radius 1 is 0.194 bits per heavy atom. The van der Waals surface area contributed by atoms with Crippen molar-refractivity contribution in [2.75, 3.05) is 0 Å². The van der Waals surface area contributed by atoms with Crippen molar-refractivity contribution in [2.45, 2.75) is 0 Å². The zero-order valence-electron chi connectivity index (χ0n) is 19.2. The van der Waals surface area contributed by atoms with E-state index in [9.17, 15) is 0 Å². The first-order valence-corrected chi connectivity index (χ1v) is 23.2. The van der Waals surface area contributed by atoms with Gasteiger partial charge in [-0.3, -0.25) is 52.4 Å². The van der Waals surface area contributed by atoms with Crippen LogP contribution in [0, 0.1) is 52.4 Å². The molecule has 0 N–H and O–H groups in total. The van der Waals surface area contributed by atoms with E-state index < -0.39 is 70.4 Å². The first-order chi connectivity index (χ1) is 12.5. The summed E-state index contributed by atoms with van der Waals surface area (Å²) in [5, 5.41) is 0. The molecule has 28 heteroatoms. The Morgan fingerprint density at radius 3 is 0.306 bits per heavy atom. The number of rotatable bonds is 0. The van der Waals surface area contributed by atoms with E-state index in [1.165, 1.54) is 0 Å². The van der Waals surface area contributed by atoms with Crippen LogP contribution in [0.4, 0.5) is 0 Å². The summed E-state index contributed by atoms with van der Waals surface area (Å²) in [6.07, 6.45) is 0. The van der Waals surface area contributed by atoms with Crippen LogP contribution in [-0.4, -0.2) is 70.4 Å². The van der Waals surface area contributed by atoms with Gasteiger partial charge in [-0.25, -0.2) is 0 Å². The average molecular weight is 1240 g/mol. The molecule has 6 fully saturated rings. The fraction of sp³-hybridized carbons (Fsp3) is 0. The summed E-state index contributed by atoms with van der Waals surface area (Å²) in [5.74, 6) is 0. The van der Waals surface area contributed by atoms with Gasteiger partial charge in [0, 0.05) is 262 Å². The quantitative estimate of drug-likeness (QED) is 0.214. The van der Waals surface area contributed by atoms with Crippen LogP contribution in [0.15, 0.2) is 0 Å². The molecule has 6 aliphatic rings. The minimum atomic E-state index is -3.93. The molecular formula is C8H16O12Si8Y8-8. The van der Waals surface area contributed by atoms with Gasteiger partial charge in [0.05, 0.1) is 0 Å². The molecule has 6 rings (SSSR count). The van der Waals surface area contributed by atoms with E-state index in [2.05, 4.69) is 52.4 Å². The van der Waals surface area contributed by atoms with E-state index in [1.807, 2.05) is 0 Å². The Labute approximate surface area is 423 Å². The van der Waals surface area contributed by atoms with Crippen molar-refractivity contribution in [3.63, 3.8) is 0 Å². The van der Waals surface area contributed by atoms with Crippen LogP contribution in [0.1, 0.15) is 0 Å². The molecule has 6 heterocycles. The van der Waals surface area contributed by atoms with E-state index in [1.54, 1.807) is 0 Å². The van der Waals surface area contributed by atoms with Gasteiger partial charge in [-0.15, -0.1) is 0 Å². The average Bonchev–Trinajstić information content (AvgIpc) is 2.22. The molecule has 0 aromatic rings. The van der Waals surface area contributed by atoms with Crippen molar-refractivity contribution >= 4 is 70.4 Å². The molecule has 184 valence electrons. The molecule has 0 aromatic carbocycles. The zero-order chi connectivity index (χ0) is 20.5. The standard InChI is InChI=1S/C8H16O12Si8.8Y/c1-21-9-22(2)12-25(5)14-23(3,10-21)16-27(7)17-24(4,11-21)15-26(6,13-22)19-28(8,18-25)20-27;;;;;;;;/h1-8H2;;;;;;;;/q-8;;;;;;;;. The van der Waals surface area contributed by atoms with Gasteiger partial charge in [0.2, 0.25) is 0 Å². The summed E-state index contributed by atoms with van der Waals surface area (Å²) >= 11 is 0. The van der Waals surface area contributed by atoms with Crippen molar-refractivity contribution in [1.29, 1.82) is 0 Å². The Balaban J connectivity index is -0.000000640. The van der Waals surface area contributed by atoms with Crippen molar-refractivity contribution in [3.8, 4) is 0 Å². The Hall–Kier alpha value is 10.1. The Bertz CT molecular complexity index is 517. The van der Waals surface area contributed by atoms with E-state index in [0.29, 0.717) is 0 Å². The predicted molar refractivity (Wildman–Crippen MR) is 102 cm³/mol. The summed E-state index contributed by atoms with van der Waals surface area (Å²) in [4.78, 5) is 0. The molecule has 0 spiro atoms. The van der Waals surface area contributed by atoms with Gasteiger partial charge in [0.15, 0.2) is 0 Å². The minimum Gasteiger partial charge on any atom is -0.415 e. The second-order valence-corrected chi connectivity index (χ2v) is 27.4. The Kier molecular flexibility index (Phi) is 26.2. The van der Waals surface area contributed by atoms with Gasteiger partial charge >= 0.3 is 0 Å². The molecule has 0 aromatic heterocycles. The van der Waals surface area contributed by atoms with Gasteiger partial charge in [-0.05, 0) is 0 Å². The van der Waals surface area contributed by atoms with Crippen LogP contribution in [0.2, 0.25) is 0 Å². The van der Waals surface area contributed by atoms with Crippen LogP contribution >= 0.6 is 0 Å². The van der Waals surface area contributed by atoms with E-state index in [4.69, 9.17) is 49.4 Å². The van der Waals surface area contributed by atoms with Crippen LogP contribution in [0.25, 0.3) is 0 Å². The SMILES string of the molecule is [CH2-][Si]12O[Si]3([CH2-])O[Si]4([CH2-])O[Si]([CH2-])(O1)O[Si]1([CH2-])O[Si]([CH2-])(O2)O[Si]([CH2-])(O3)O[Si]([CH2-])(O4)O1.[Y].[Y].[Y].[Y].[Y].[Y].[Y].[Y]. The molecule has 0 amide bonds. The third-order valence-corrected chi connectivity index (χ3v) is 33.6. The van der Waals surface area contributed by atoms with Crippen LogP contribution in [-0.2, 0) is 311 Å². The van der Waals surface area contributed by atoms with Gasteiger partial charge in [-0.2, -0.15) is 0 Å². The second-order valence-electron chi connectivity index (χ2n) is 6.69. The van der Waals surface area contributed by atoms with Crippen LogP contribution in [0.3, 0.4) is 0 Å². The van der Waals surface area contributed by atoms with Crippen molar-refractivity contribution in [2.24, 2.45) is 0 Å². The van der Waals surface area contributed by atoms with Crippen LogP contribution < -0.4 is 0 Å². The molecule has 0 unspecified atom stereocenters. The molecule has 0 saturated carbocycles. The molecule has 6 aliphatic heterocycles. The molecular weight excluding hydrogens is 1220 g/mol. The maximum atomic E-state index is 5.97. The molecule has 0 aliphatic carbocycles. The molecule has 0 atom stereocenters. The van der Waals surface area contributed by atoms with Crippen molar-refractivity contribution < 1.29 is 311 Å². The fourth-order valence-electron chi connectivity index (χ4n) is 3.34. The summed E-state index contributed by atoms with van der Waals surface area (Å²) in [7, 11) is -31.5. The third-order valence-electron chi connectivity index (χ3n) is 3.73. The first-order valence-electron chi connectivity index (χ1n) is 7.73. The maximum Gasteiger partial charge on any atom is 0.299 e. The zero-order valence-corrected chi connectivity index (χ0v) is 49.9. The van der Waals surface area contributed by atoms with E-state index in [0.717, 1.165) is 0 Å². The fourth-order valence-corrected chi connectivity index (χ4v) is 39.1. The molecule has 12 nitrogen and oxygen atoms in total. The van der Waals surface area contributed by atoms with Gasteiger partial charge in [-0.1, -0.05) is 0 Å². The largest absolute Gasteiger partial charge is 0.415 e. The van der Waals surface area contributed by atoms with E-state index in [-0.39, 0.29) is 262 Å². The normalized spacial score (nSPS) is 51.3. The molecule has 6 saturated heterocycles. The number of hydrogen-bond acceptors (Lipinski definition) is 12. The second kappa shape index (κ2) is 17.8. The smallest absolute Gasteiger partial charge is 0.299 e. The topological polar surface area (TPSA) is 111 Å². The summed E-state index contributed by atoms with van der Waals surface area (Å²) in [6, 6.07) is 0. The minimum absolute atomic E-state index is 0. The maximum absolute atomic E-state index is 5.97. The predicted octanol–water partition coefficient (Wildman–Crippen LogP) is -1.27. The van der Waals surface area contributed by atoms with Crippen LogP contribution in [0.5, 0.6) is 0 Å². The summed E-state index contributed by atoms with van der Waals surface area (Å²) in [5.41, 5.74) is 0. The van der Waals surface area contributed by atoms with Gasteiger partial charge < -0.3 is 49.4 Å². The summed E-state index contributed by atoms with van der Waals surface area (Å²) < 4.78 is 71.7.